The second-order valence-electron chi connectivity index (χ2n) is 3.40. The number of carbonyl (C=O) groups excluding carboxylic acids is 1. The third-order valence-electron chi connectivity index (χ3n) is 1.95. The van der Waals surface area contributed by atoms with Gasteiger partial charge in [0.25, 0.3) is 0 Å². The molecule has 0 saturated carbocycles. The number of rotatable bonds is 4. The number of aryl methyl sites for hydroxylation is 1. The van der Waals surface area contributed by atoms with Gasteiger partial charge in [-0.2, -0.15) is 0 Å². The highest BCUT2D eigenvalue weighted by molar-refractivity contribution is 5.88. The minimum atomic E-state index is -0.193. The maximum atomic E-state index is 11.3. The minimum absolute atomic E-state index is 0.193. The first-order valence-corrected chi connectivity index (χ1v) is 5.21. The molecule has 0 unspecified atom stereocenters. The van der Waals surface area contributed by atoms with E-state index in [-0.39, 0.29) is 6.03 Å². The topological polar surface area (TPSA) is 54.0 Å². The summed E-state index contributed by atoms with van der Waals surface area (Å²) in [5.74, 6) is 0.587. The number of hydrogen-bond donors (Lipinski definition) is 2. The van der Waals surface area contributed by atoms with Crippen LogP contribution in [0.25, 0.3) is 0 Å². The molecule has 0 radical (unpaired) electrons. The first kappa shape index (κ1) is 11.5. The maximum absolute atomic E-state index is 11.3. The van der Waals surface area contributed by atoms with E-state index < -0.39 is 0 Å². The van der Waals surface area contributed by atoms with E-state index in [0.29, 0.717) is 12.4 Å². The lowest BCUT2D eigenvalue weighted by Gasteiger charge is -2.06. The Bertz CT molecular complexity index is 325. The summed E-state index contributed by atoms with van der Waals surface area (Å²) in [5.41, 5.74) is 0.890. The Morgan fingerprint density at radius 3 is 2.93 bits per heavy atom. The number of hydrogen-bond acceptors (Lipinski definition) is 2. The van der Waals surface area contributed by atoms with Gasteiger partial charge in [0.15, 0.2) is 0 Å². The van der Waals surface area contributed by atoms with E-state index in [1.165, 1.54) is 0 Å². The summed E-state index contributed by atoms with van der Waals surface area (Å²) in [4.78, 5) is 15.5. The van der Waals surface area contributed by atoms with Crippen molar-refractivity contribution >= 4 is 11.8 Å². The third-order valence-corrected chi connectivity index (χ3v) is 1.95. The van der Waals surface area contributed by atoms with Gasteiger partial charge < -0.3 is 5.32 Å². The summed E-state index contributed by atoms with van der Waals surface area (Å²) in [6.45, 7) is 4.68. The molecule has 0 bridgehead atoms. The highest BCUT2D eigenvalue weighted by atomic mass is 16.2. The molecule has 2 amide bonds. The molecular weight excluding hydrogens is 190 g/mol. The lowest BCUT2D eigenvalue weighted by atomic mass is 10.3. The molecular formula is C11H17N3O. The molecule has 82 valence electrons. The molecule has 1 aromatic rings. The number of nitrogens with one attached hydrogen (secondary N) is 2. The van der Waals surface area contributed by atoms with Gasteiger partial charge in [-0.1, -0.05) is 19.4 Å². The van der Waals surface area contributed by atoms with Crippen LogP contribution in [0, 0.1) is 6.92 Å². The number of carbonyl (C=O) groups is 1. The molecule has 0 spiro atoms. The van der Waals surface area contributed by atoms with E-state index in [2.05, 4.69) is 22.5 Å². The highest BCUT2D eigenvalue weighted by Gasteiger charge is 2.00. The maximum Gasteiger partial charge on any atom is 0.320 e. The van der Waals surface area contributed by atoms with Crippen LogP contribution in [0.1, 0.15) is 25.5 Å². The number of nitrogens with zero attached hydrogens (tertiary/aromatic N) is 1. The van der Waals surface area contributed by atoms with E-state index in [1.54, 1.807) is 6.07 Å². The van der Waals surface area contributed by atoms with Crippen molar-refractivity contribution in [3.05, 3.63) is 23.9 Å². The van der Waals surface area contributed by atoms with Crippen LogP contribution in [0.15, 0.2) is 18.2 Å². The molecule has 1 aromatic heterocycles. The van der Waals surface area contributed by atoms with E-state index in [9.17, 15) is 4.79 Å². The molecule has 0 aliphatic carbocycles. The summed E-state index contributed by atoms with van der Waals surface area (Å²) in [7, 11) is 0. The van der Waals surface area contributed by atoms with Gasteiger partial charge in [0.2, 0.25) is 0 Å². The number of pyridine rings is 1. The highest BCUT2D eigenvalue weighted by Crippen LogP contribution is 2.02. The quantitative estimate of drug-likeness (QED) is 0.744. The Labute approximate surface area is 90.1 Å². The zero-order valence-electron chi connectivity index (χ0n) is 9.21. The molecule has 1 rings (SSSR count). The van der Waals surface area contributed by atoms with Crippen molar-refractivity contribution in [2.45, 2.75) is 26.7 Å². The third kappa shape index (κ3) is 4.44. The van der Waals surface area contributed by atoms with Crippen LogP contribution < -0.4 is 10.6 Å². The number of urea groups is 1. The first-order chi connectivity index (χ1) is 7.22. The molecule has 0 fully saturated rings. The van der Waals surface area contributed by atoms with Gasteiger partial charge in [0, 0.05) is 12.2 Å². The number of anilines is 1. The predicted octanol–water partition coefficient (Wildman–Crippen LogP) is 2.31. The van der Waals surface area contributed by atoms with Crippen molar-refractivity contribution in [2.24, 2.45) is 0 Å². The fourth-order valence-electron chi connectivity index (χ4n) is 1.15. The van der Waals surface area contributed by atoms with Gasteiger partial charge in [-0.05, 0) is 25.5 Å². The van der Waals surface area contributed by atoms with Crippen molar-refractivity contribution in [1.29, 1.82) is 0 Å². The second kappa shape index (κ2) is 6.01. The zero-order valence-corrected chi connectivity index (χ0v) is 9.21. The molecule has 0 saturated heterocycles. The Hall–Kier alpha value is -1.58. The van der Waals surface area contributed by atoms with Crippen molar-refractivity contribution in [3.8, 4) is 0 Å². The van der Waals surface area contributed by atoms with Gasteiger partial charge >= 0.3 is 6.03 Å². The van der Waals surface area contributed by atoms with Crippen molar-refractivity contribution in [3.63, 3.8) is 0 Å². The normalized spacial score (nSPS) is 9.73. The van der Waals surface area contributed by atoms with Crippen LogP contribution in [-0.2, 0) is 0 Å². The van der Waals surface area contributed by atoms with Gasteiger partial charge in [0.1, 0.15) is 5.82 Å². The standard InChI is InChI=1S/C11H17N3O/c1-3-4-8-12-11(15)14-10-7-5-6-9(2)13-10/h5-7H,3-4,8H2,1-2H3,(H2,12,13,14,15). The smallest absolute Gasteiger partial charge is 0.320 e. The molecule has 0 aromatic carbocycles. The molecule has 0 atom stereocenters. The Balaban J connectivity index is 2.37. The summed E-state index contributed by atoms with van der Waals surface area (Å²) in [5, 5.41) is 5.44. The SMILES string of the molecule is CCCCNC(=O)Nc1cccc(C)n1. The van der Waals surface area contributed by atoms with Crippen LogP contribution in [0.2, 0.25) is 0 Å². The van der Waals surface area contributed by atoms with E-state index in [4.69, 9.17) is 0 Å². The van der Waals surface area contributed by atoms with Crippen molar-refractivity contribution in [1.82, 2.24) is 10.3 Å². The van der Waals surface area contributed by atoms with E-state index >= 15 is 0 Å². The monoisotopic (exact) mass is 207 g/mol. The van der Waals surface area contributed by atoms with Crippen LogP contribution in [0.4, 0.5) is 10.6 Å². The van der Waals surface area contributed by atoms with Crippen LogP contribution in [0.3, 0.4) is 0 Å². The molecule has 0 aliphatic rings. The largest absolute Gasteiger partial charge is 0.338 e. The zero-order chi connectivity index (χ0) is 11.1. The fourth-order valence-corrected chi connectivity index (χ4v) is 1.15. The molecule has 4 nitrogen and oxygen atoms in total. The fraction of sp³-hybridized carbons (Fsp3) is 0.455. The van der Waals surface area contributed by atoms with Crippen molar-refractivity contribution in [2.75, 3.05) is 11.9 Å². The summed E-state index contributed by atoms with van der Waals surface area (Å²) in [6.07, 6.45) is 2.07. The van der Waals surface area contributed by atoms with Gasteiger partial charge in [0.05, 0.1) is 0 Å². The summed E-state index contributed by atoms with van der Waals surface area (Å²) < 4.78 is 0. The average molecular weight is 207 g/mol. The van der Waals surface area contributed by atoms with Gasteiger partial charge in [-0.25, -0.2) is 9.78 Å². The Kier molecular flexibility index (Phi) is 4.60. The molecule has 0 aliphatic heterocycles. The molecule has 15 heavy (non-hydrogen) atoms. The van der Waals surface area contributed by atoms with Crippen LogP contribution in [-0.4, -0.2) is 17.6 Å². The lowest BCUT2D eigenvalue weighted by Crippen LogP contribution is -2.29. The number of unbranched alkanes of at least 4 members (excludes halogenated alkanes) is 1. The molecule has 2 N–H and O–H groups in total. The van der Waals surface area contributed by atoms with E-state index in [1.807, 2.05) is 19.1 Å². The lowest BCUT2D eigenvalue weighted by molar-refractivity contribution is 0.252. The molecule has 1 heterocycles. The number of amides is 2. The second-order valence-corrected chi connectivity index (χ2v) is 3.40. The molecule has 4 heteroatoms. The summed E-state index contributed by atoms with van der Waals surface area (Å²) >= 11 is 0. The average Bonchev–Trinajstić information content (AvgIpc) is 2.18. The van der Waals surface area contributed by atoms with Gasteiger partial charge in [-0.15, -0.1) is 0 Å². The van der Waals surface area contributed by atoms with Crippen LogP contribution in [0.5, 0.6) is 0 Å². The van der Waals surface area contributed by atoms with E-state index in [0.717, 1.165) is 18.5 Å². The van der Waals surface area contributed by atoms with Crippen molar-refractivity contribution < 1.29 is 4.79 Å². The Morgan fingerprint density at radius 2 is 2.27 bits per heavy atom. The van der Waals surface area contributed by atoms with Crippen LogP contribution >= 0.6 is 0 Å². The number of aromatic nitrogens is 1. The predicted molar refractivity (Wildman–Crippen MR) is 60.9 cm³/mol. The summed E-state index contributed by atoms with van der Waals surface area (Å²) in [6, 6.07) is 5.33. The Morgan fingerprint density at radius 1 is 1.47 bits per heavy atom. The van der Waals surface area contributed by atoms with Gasteiger partial charge in [-0.3, -0.25) is 5.32 Å². The minimum Gasteiger partial charge on any atom is -0.338 e. The first-order valence-electron chi connectivity index (χ1n) is 5.21.